The van der Waals surface area contributed by atoms with Crippen LogP contribution >= 0.6 is 0 Å². The molecule has 7 aromatic rings. The average Bonchev–Trinajstić information content (AvgIpc) is 3.61. The molecule has 0 bridgehead atoms. The Morgan fingerprint density at radius 3 is 2.06 bits per heavy atom. The van der Waals surface area contributed by atoms with Gasteiger partial charge in [-0.3, -0.25) is 0 Å². The lowest BCUT2D eigenvalue weighted by atomic mass is 9.95. The second kappa shape index (κ2) is 11.4. The lowest BCUT2D eigenvalue weighted by Crippen LogP contribution is -2.08. The van der Waals surface area contributed by atoms with Crippen LogP contribution in [-0.4, -0.2) is 9.13 Å². The first-order valence-electron chi connectivity index (χ1n) is 15.0. The van der Waals surface area contributed by atoms with Crippen molar-refractivity contribution in [3.05, 3.63) is 137 Å². The van der Waals surface area contributed by atoms with E-state index in [1.54, 1.807) is 49.4 Å². The first kappa shape index (κ1) is 30.1. The number of fused-ring (bicyclic) bond motifs is 4. The number of hydrogen-bond acceptors (Lipinski definition) is 3. The number of alkyl halides is 3. The van der Waals surface area contributed by atoms with Gasteiger partial charge in [-0.15, -0.1) is 0 Å². The van der Waals surface area contributed by atoms with E-state index >= 15 is 0 Å². The van der Waals surface area contributed by atoms with Gasteiger partial charge in [0.1, 0.15) is 0 Å². The molecule has 0 amide bonds. The smallest absolute Gasteiger partial charge is 0.308 e. The topological polar surface area (TPSA) is 81.2 Å². The molecule has 0 spiro atoms. The minimum absolute atomic E-state index is 0.177. The third kappa shape index (κ3) is 4.87. The molecule has 0 saturated heterocycles. The van der Waals surface area contributed by atoms with Crippen molar-refractivity contribution in [3.8, 4) is 40.7 Å². The number of benzene rings is 5. The summed E-state index contributed by atoms with van der Waals surface area (Å²) in [5, 5.41) is 32.8. The molecule has 0 unspecified atom stereocenters. The third-order valence-corrected chi connectivity index (χ3v) is 8.53. The van der Waals surface area contributed by atoms with Crippen molar-refractivity contribution in [1.29, 1.82) is 15.8 Å². The van der Waals surface area contributed by atoms with E-state index in [1.807, 2.05) is 70.7 Å². The van der Waals surface area contributed by atoms with Crippen LogP contribution in [0.25, 0.3) is 61.3 Å². The number of hydrogen-bond donors (Lipinski definition) is 0. The van der Waals surface area contributed by atoms with Crippen LogP contribution < -0.4 is 0 Å². The molecule has 7 rings (SSSR count). The standard InChI is InChI=1S/C40H24F3N5/c1-3-6-31-18-27-11-9-25(21-44)15-36(27)47(31)39-20-34(28-13-24(2)14-30(17-28)40(41,42)43)29(23-46)19-38(39)48-35-8-5-4-7-32(35)33-12-10-26(22-45)16-37(33)48/h3-20H,1-2H3/b6-3-. The molecular weight excluding hydrogens is 607 g/mol. The van der Waals surface area contributed by atoms with E-state index in [0.29, 0.717) is 39.1 Å². The van der Waals surface area contributed by atoms with Gasteiger partial charge in [0, 0.05) is 27.4 Å². The SMILES string of the molecule is C/C=C\c1cc2ccc(C#N)cc2n1-c1cc(-c2cc(C)cc(C(F)(F)F)c2)c(C#N)cc1-n1c2ccccc2c2ccc(C#N)cc21. The van der Waals surface area contributed by atoms with Crippen molar-refractivity contribution < 1.29 is 13.2 Å². The largest absolute Gasteiger partial charge is 0.416 e. The fourth-order valence-corrected chi connectivity index (χ4v) is 6.52. The second-order valence-corrected chi connectivity index (χ2v) is 11.6. The number of aromatic nitrogens is 2. The number of aryl methyl sites for hydroxylation is 1. The van der Waals surface area contributed by atoms with Crippen molar-refractivity contribution in [2.75, 3.05) is 0 Å². The van der Waals surface area contributed by atoms with Crippen LogP contribution in [0, 0.1) is 40.9 Å². The van der Waals surface area contributed by atoms with E-state index in [0.717, 1.165) is 45.0 Å². The maximum Gasteiger partial charge on any atom is 0.416 e. The molecule has 0 N–H and O–H groups in total. The molecular formula is C40H24F3N5. The van der Waals surface area contributed by atoms with E-state index in [2.05, 4.69) is 18.2 Å². The maximum atomic E-state index is 14.0. The average molecular weight is 632 g/mol. The number of rotatable bonds is 4. The molecule has 5 aromatic carbocycles. The Balaban J connectivity index is 1.69. The highest BCUT2D eigenvalue weighted by atomic mass is 19.4. The Morgan fingerprint density at radius 1 is 0.667 bits per heavy atom. The molecule has 8 heteroatoms. The number of nitrogens with zero attached hydrogens (tertiary/aromatic N) is 5. The van der Waals surface area contributed by atoms with Gasteiger partial charge in [-0.2, -0.15) is 29.0 Å². The van der Waals surface area contributed by atoms with Crippen LogP contribution in [0.5, 0.6) is 0 Å². The lowest BCUT2D eigenvalue weighted by Gasteiger charge is -2.20. The van der Waals surface area contributed by atoms with E-state index < -0.39 is 11.7 Å². The summed E-state index contributed by atoms with van der Waals surface area (Å²) in [5.74, 6) is 0. The number of para-hydroxylation sites is 1. The summed E-state index contributed by atoms with van der Waals surface area (Å²) >= 11 is 0. The minimum Gasteiger partial charge on any atom is -0.308 e. The Morgan fingerprint density at radius 2 is 1.35 bits per heavy atom. The second-order valence-electron chi connectivity index (χ2n) is 11.6. The molecule has 2 heterocycles. The first-order valence-corrected chi connectivity index (χ1v) is 15.0. The number of allylic oxidation sites excluding steroid dienone is 1. The monoisotopic (exact) mass is 631 g/mol. The summed E-state index contributed by atoms with van der Waals surface area (Å²) in [4.78, 5) is 0. The van der Waals surface area contributed by atoms with Gasteiger partial charge >= 0.3 is 6.18 Å². The third-order valence-electron chi connectivity index (χ3n) is 8.53. The molecule has 0 fully saturated rings. The van der Waals surface area contributed by atoms with Crippen molar-refractivity contribution in [2.24, 2.45) is 0 Å². The van der Waals surface area contributed by atoms with Crippen LogP contribution in [0.1, 0.15) is 40.4 Å². The zero-order chi connectivity index (χ0) is 33.7. The maximum absolute atomic E-state index is 14.0. The predicted octanol–water partition coefficient (Wildman–Crippen LogP) is 10.4. The normalized spacial score (nSPS) is 11.7. The van der Waals surface area contributed by atoms with Gasteiger partial charge in [0.2, 0.25) is 0 Å². The highest BCUT2D eigenvalue weighted by Crippen LogP contribution is 2.41. The van der Waals surface area contributed by atoms with Gasteiger partial charge in [-0.25, -0.2) is 0 Å². The van der Waals surface area contributed by atoms with Crippen LogP contribution in [-0.2, 0) is 6.18 Å². The highest BCUT2D eigenvalue weighted by Gasteiger charge is 2.31. The fourth-order valence-electron chi connectivity index (χ4n) is 6.52. The summed E-state index contributed by atoms with van der Waals surface area (Å²) in [6.45, 7) is 3.48. The molecule has 0 aliphatic heterocycles. The van der Waals surface area contributed by atoms with Gasteiger partial charge in [0.15, 0.2) is 0 Å². The van der Waals surface area contributed by atoms with Crippen LogP contribution in [0.4, 0.5) is 13.2 Å². The predicted molar refractivity (Wildman–Crippen MR) is 182 cm³/mol. The molecule has 5 nitrogen and oxygen atoms in total. The minimum atomic E-state index is -4.58. The zero-order valence-electron chi connectivity index (χ0n) is 25.8. The van der Waals surface area contributed by atoms with E-state index in [4.69, 9.17) is 0 Å². The molecule has 0 aliphatic rings. The van der Waals surface area contributed by atoms with Crippen molar-refractivity contribution in [1.82, 2.24) is 9.13 Å². The highest BCUT2D eigenvalue weighted by molar-refractivity contribution is 6.10. The molecule has 0 atom stereocenters. The van der Waals surface area contributed by atoms with E-state index in [9.17, 15) is 29.0 Å². The molecule has 48 heavy (non-hydrogen) atoms. The molecule has 0 aliphatic carbocycles. The Hall–Kier alpha value is -6.56. The van der Waals surface area contributed by atoms with Gasteiger partial charge in [-0.1, -0.05) is 42.5 Å². The Kier molecular flexibility index (Phi) is 7.12. The summed E-state index contributed by atoms with van der Waals surface area (Å²) < 4.78 is 46.0. The Labute approximate surface area is 273 Å². The van der Waals surface area contributed by atoms with Crippen molar-refractivity contribution in [3.63, 3.8) is 0 Å². The number of halogens is 3. The van der Waals surface area contributed by atoms with E-state index in [1.165, 1.54) is 0 Å². The fraction of sp³-hybridized carbons (Fsp3) is 0.0750. The van der Waals surface area contributed by atoms with Crippen molar-refractivity contribution >= 4 is 38.8 Å². The van der Waals surface area contributed by atoms with Crippen LogP contribution in [0.2, 0.25) is 0 Å². The van der Waals surface area contributed by atoms with E-state index in [-0.39, 0.29) is 11.1 Å². The van der Waals surface area contributed by atoms with Gasteiger partial charge < -0.3 is 9.13 Å². The summed E-state index contributed by atoms with van der Waals surface area (Å²) in [6.07, 6.45) is -0.779. The lowest BCUT2D eigenvalue weighted by molar-refractivity contribution is -0.137. The van der Waals surface area contributed by atoms with Crippen molar-refractivity contribution in [2.45, 2.75) is 20.0 Å². The summed E-state index contributed by atoms with van der Waals surface area (Å²) in [7, 11) is 0. The molecule has 0 radical (unpaired) electrons. The zero-order valence-corrected chi connectivity index (χ0v) is 25.8. The number of nitriles is 3. The van der Waals surface area contributed by atoms with Gasteiger partial charge in [0.25, 0.3) is 0 Å². The van der Waals surface area contributed by atoms with Crippen LogP contribution in [0.3, 0.4) is 0 Å². The first-order chi connectivity index (χ1) is 23.1. The summed E-state index contributed by atoms with van der Waals surface area (Å²) in [6, 6.07) is 34.5. The quantitative estimate of drug-likeness (QED) is 0.194. The Bertz CT molecular complexity index is 2610. The summed E-state index contributed by atoms with van der Waals surface area (Å²) in [5.41, 5.74) is 5.40. The van der Waals surface area contributed by atoms with Crippen LogP contribution in [0.15, 0.2) is 103 Å². The molecule has 2 aromatic heterocycles. The van der Waals surface area contributed by atoms with Gasteiger partial charge in [0.05, 0.1) is 68.4 Å². The molecule has 0 saturated carbocycles. The van der Waals surface area contributed by atoms with Gasteiger partial charge in [-0.05, 0) is 91.7 Å². The molecule has 230 valence electrons.